The van der Waals surface area contributed by atoms with Gasteiger partial charge >= 0.3 is 12.3 Å². The molecule has 0 fully saturated rings. The SMILES string of the molecule is O=C(O)Cc1ccnc(Cl)c1-c1ccc(OC(F)(F)F)cc1. The van der Waals surface area contributed by atoms with Crippen LogP contribution < -0.4 is 4.74 Å². The second kappa shape index (κ2) is 6.23. The fourth-order valence-electron chi connectivity index (χ4n) is 1.91. The predicted octanol–water partition coefficient (Wildman–Crippen LogP) is 3.93. The van der Waals surface area contributed by atoms with Crippen molar-refractivity contribution in [2.45, 2.75) is 12.8 Å². The van der Waals surface area contributed by atoms with Crippen LogP contribution in [0.5, 0.6) is 5.75 Å². The zero-order valence-electron chi connectivity index (χ0n) is 10.9. The highest BCUT2D eigenvalue weighted by molar-refractivity contribution is 6.32. The third-order valence-electron chi connectivity index (χ3n) is 2.71. The van der Waals surface area contributed by atoms with Crippen LogP contribution in [-0.2, 0) is 11.2 Å². The summed E-state index contributed by atoms with van der Waals surface area (Å²) >= 11 is 5.98. The van der Waals surface area contributed by atoms with E-state index in [9.17, 15) is 18.0 Å². The van der Waals surface area contributed by atoms with E-state index in [1.54, 1.807) is 0 Å². The molecule has 22 heavy (non-hydrogen) atoms. The van der Waals surface area contributed by atoms with Gasteiger partial charge in [0.05, 0.1) is 6.42 Å². The number of aromatic nitrogens is 1. The Bertz CT molecular complexity index is 687. The molecule has 1 heterocycles. The van der Waals surface area contributed by atoms with Crippen molar-refractivity contribution >= 4 is 17.6 Å². The first-order valence-corrected chi connectivity index (χ1v) is 6.35. The lowest BCUT2D eigenvalue weighted by atomic mass is 10.00. The van der Waals surface area contributed by atoms with Crippen LogP contribution in [-0.4, -0.2) is 22.4 Å². The minimum atomic E-state index is -4.78. The Hall–Kier alpha value is -2.28. The topological polar surface area (TPSA) is 59.4 Å². The first-order chi connectivity index (χ1) is 10.3. The maximum atomic E-state index is 12.1. The number of hydrogen-bond acceptors (Lipinski definition) is 3. The Kier molecular flexibility index (Phi) is 4.56. The highest BCUT2D eigenvalue weighted by atomic mass is 35.5. The molecule has 2 aromatic rings. The second-order valence-corrected chi connectivity index (χ2v) is 4.64. The van der Waals surface area contributed by atoms with Crippen molar-refractivity contribution in [1.82, 2.24) is 4.98 Å². The molecule has 0 radical (unpaired) electrons. The number of alkyl halides is 3. The van der Waals surface area contributed by atoms with Crippen molar-refractivity contribution in [2.75, 3.05) is 0 Å². The number of halogens is 4. The minimum Gasteiger partial charge on any atom is -0.481 e. The predicted molar refractivity (Wildman–Crippen MR) is 72.7 cm³/mol. The van der Waals surface area contributed by atoms with E-state index in [0.29, 0.717) is 16.7 Å². The molecule has 1 aromatic carbocycles. The summed E-state index contributed by atoms with van der Waals surface area (Å²) in [5.41, 5.74) is 1.23. The van der Waals surface area contributed by atoms with Crippen molar-refractivity contribution in [2.24, 2.45) is 0 Å². The van der Waals surface area contributed by atoms with E-state index >= 15 is 0 Å². The standard InChI is InChI=1S/C14H9ClF3NO3/c15-13-12(9(5-6-19-13)7-11(20)21)8-1-3-10(4-2-8)22-14(16,17)18/h1-6H,7H2,(H,20,21). The Labute approximate surface area is 128 Å². The van der Waals surface area contributed by atoms with Gasteiger partial charge in [-0.25, -0.2) is 4.98 Å². The number of carboxylic acid groups (broad SMARTS) is 1. The fraction of sp³-hybridized carbons (Fsp3) is 0.143. The third-order valence-corrected chi connectivity index (χ3v) is 3.00. The zero-order chi connectivity index (χ0) is 16.3. The smallest absolute Gasteiger partial charge is 0.481 e. The molecule has 0 aliphatic rings. The van der Waals surface area contributed by atoms with Gasteiger partial charge in [0, 0.05) is 11.8 Å². The van der Waals surface area contributed by atoms with Crippen molar-refractivity contribution < 1.29 is 27.8 Å². The molecule has 0 bridgehead atoms. The number of rotatable bonds is 4. The lowest BCUT2D eigenvalue weighted by molar-refractivity contribution is -0.274. The van der Waals surface area contributed by atoms with Crippen LogP contribution in [0.4, 0.5) is 13.2 Å². The number of carboxylic acids is 1. The average molecular weight is 332 g/mol. The molecule has 4 nitrogen and oxygen atoms in total. The highest BCUT2D eigenvalue weighted by Crippen LogP contribution is 2.32. The second-order valence-electron chi connectivity index (χ2n) is 4.28. The van der Waals surface area contributed by atoms with Crippen LogP contribution in [0.15, 0.2) is 36.5 Å². The summed E-state index contributed by atoms with van der Waals surface area (Å²) in [7, 11) is 0. The van der Waals surface area contributed by atoms with Crippen molar-refractivity contribution in [3.05, 3.63) is 47.2 Å². The van der Waals surface area contributed by atoms with Gasteiger partial charge in [0.15, 0.2) is 0 Å². The molecule has 0 atom stereocenters. The van der Waals surface area contributed by atoms with Crippen molar-refractivity contribution in [3.8, 4) is 16.9 Å². The molecule has 0 aliphatic heterocycles. The van der Waals surface area contributed by atoms with Crippen LogP contribution >= 0.6 is 11.6 Å². The van der Waals surface area contributed by atoms with E-state index in [1.165, 1.54) is 24.4 Å². The molecule has 116 valence electrons. The first kappa shape index (κ1) is 16.1. The van der Waals surface area contributed by atoms with Gasteiger partial charge in [0.1, 0.15) is 10.9 Å². The molecular weight excluding hydrogens is 323 g/mol. The molecule has 0 amide bonds. The van der Waals surface area contributed by atoms with Gasteiger partial charge in [-0.2, -0.15) is 0 Å². The first-order valence-electron chi connectivity index (χ1n) is 5.97. The molecule has 1 aromatic heterocycles. The molecule has 1 N–H and O–H groups in total. The van der Waals surface area contributed by atoms with Gasteiger partial charge in [0.2, 0.25) is 0 Å². The molecule has 2 rings (SSSR count). The summed E-state index contributed by atoms with van der Waals surface area (Å²) in [6.07, 6.45) is -3.69. The summed E-state index contributed by atoms with van der Waals surface area (Å²) < 4.78 is 40.1. The molecular formula is C14H9ClF3NO3. The lowest BCUT2D eigenvalue weighted by Crippen LogP contribution is -2.16. The largest absolute Gasteiger partial charge is 0.573 e. The summed E-state index contributed by atoms with van der Waals surface area (Å²) in [6, 6.07) is 6.45. The van der Waals surface area contributed by atoms with Gasteiger partial charge in [-0.3, -0.25) is 4.79 Å². The van der Waals surface area contributed by atoms with E-state index < -0.39 is 12.3 Å². The van der Waals surface area contributed by atoms with Crippen LogP contribution in [0, 0.1) is 0 Å². The Morgan fingerprint density at radius 1 is 1.23 bits per heavy atom. The third kappa shape index (κ3) is 4.11. The van der Waals surface area contributed by atoms with Crippen LogP contribution in [0.3, 0.4) is 0 Å². The molecule has 0 saturated carbocycles. The quantitative estimate of drug-likeness (QED) is 0.862. The minimum absolute atomic E-state index is 0.0724. The number of benzene rings is 1. The van der Waals surface area contributed by atoms with Gasteiger partial charge in [0.25, 0.3) is 0 Å². The van der Waals surface area contributed by atoms with Gasteiger partial charge < -0.3 is 9.84 Å². The number of hydrogen-bond donors (Lipinski definition) is 1. The molecule has 0 aliphatic carbocycles. The Balaban J connectivity index is 2.38. The van der Waals surface area contributed by atoms with Gasteiger partial charge in [-0.1, -0.05) is 23.7 Å². The number of carbonyl (C=O) groups is 1. The number of aliphatic carboxylic acids is 1. The number of ether oxygens (including phenoxy) is 1. The van der Waals surface area contributed by atoms with Crippen LogP contribution in [0.2, 0.25) is 5.15 Å². The summed E-state index contributed by atoms with van der Waals surface area (Å²) in [4.78, 5) is 14.7. The molecule has 8 heteroatoms. The summed E-state index contributed by atoms with van der Waals surface area (Å²) in [6.45, 7) is 0. The van der Waals surface area contributed by atoms with E-state index in [1.807, 2.05) is 0 Å². The lowest BCUT2D eigenvalue weighted by Gasteiger charge is -2.12. The molecule has 0 unspecified atom stereocenters. The molecule has 0 spiro atoms. The van der Waals surface area contributed by atoms with E-state index in [4.69, 9.17) is 16.7 Å². The fourth-order valence-corrected chi connectivity index (χ4v) is 2.20. The number of pyridine rings is 1. The van der Waals surface area contributed by atoms with Gasteiger partial charge in [-0.15, -0.1) is 13.2 Å². The Morgan fingerprint density at radius 2 is 1.86 bits per heavy atom. The Morgan fingerprint density at radius 3 is 2.41 bits per heavy atom. The maximum Gasteiger partial charge on any atom is 0.573 e. The van der Waals surface area contributed by atoms with Crippen molar-refractivity contribution in [1.29, 1.82) is 0 Å². The monoisotopic (exact) mass is 331 g/mol. The normalized spacial score (nSPS) is 11.3. The van der Waals surface area contributed by atoms with Crippen LogP contribution in [0.25, 0.3) is 11.1 Å². The molecule has 0 saturated heterocycles. The highest BCUT2D eigenvalue weighted by Gasteiger charge is 2.31. The van der Waals surface area contributed by atoms with Crippen LogP contribution in [0.1, 0.15) is 5.56 Å². The van der Waals surface area contributed by atoms with E-state index in [-0.39, 0.29) is 17.3 Å². The van der Waals surface area contributed by atoms with Crippen molar-refractivity contribution in [3.63, 3.8) is 0 Å². The summed E-state index contributed by atoms with van der Waals surface area (Å²) in [5.74, 6) is -1.43. The van der Waals surface area contributed by atoms with Gasteiger partial charge in [-0.05, 0) is 29.3 Å². The van der Waals surface area contributed by atoms with E-state index in [2.05, 4.69) is 9.72 Å². The number of nitrogens with zero attached hydrogens (tertiary/aromatic N) is 1. The maximum absolute atomic E-state index is 12.1. The van der Waals surface area contributed by atoms with E-state index in [0.717, 1.165) is 12.1 Å². The summed E-state index contributed by atoms with van der Waals surface area (Å²) in [5, 5.41) is 8.96. The average Bonchev–Trinajstić information content (AvgIpc) is 2.38. The zero-order valence-corrected chi connectivity index (χ0v) is 11.6.